The van der Waals surface area contributed by atoms with Crippen molar-refractivity contribution in [1.29, 1.82) is 0 Å². The standard InChI is InChI=1S/C23H21NO2/c25-23(24-16-17-26-21-14-8-3-9-15-21)22(20-12-6-2-7-13-20)18-19-10-4-1-5-11-19/h1-15,18H,16-17H2,(H,24,25)/b22-18+. The van der Waals surface area contributed by atoms with Crippen molar-refractivity contribution in [3.05, 3.63) is 102 Å². The van der Waals surface area contributed by atoms with E-state index in [4.69, 9.17) is 4.74 Å². The fourth-order valence-corrected chi connectivity index (χ4v) is 2.56. The van der Waals surface area contributed by atoms with Crippen molar-refractivity contribution in [3.8, 4) is 5.75 Å². The van der Waals surface area contributed by atoms with Crippen LogP contribution < -0.4 is 10.1 Å². The fraction of sp³-hybridized carbons (Fsp3) is 0.0870. The number of ether oxygens (including phenoxy) is 1. The molecule has 0 radical (unpaired) electrons. The van der Waals surface area contributed by atoms with Crippen LogP contribution in [0.3, 0.4) is 0 Å². The first kappa shape index (κ1) is 17.5. The van der Waals surface area contributed by atoms with Crippen molar-refractivity contribution in [3.63, 3.8) is 0 Å². The van der Waals surface area contributed by atoms with Gasteiger partial charge < -0.3 is 10.1 Å². The van der Waals surface area contributed by atoms with E-state index in [0.29, 0.717) is 18.7 Å². The van der Waals surface area contributed by atoms with Crippen LogP contribution in [0.1, 0.15) is 11.1 Å². The monoisotopic (exact) mass is 343 g/mol. The maximum Gasteiger partial charge on any atom is 0.252 e. The third-order valence-corrected chi connectivity index (χ3v) is 3.84. The number of benzene rings is 3. The lowest BCUT2D eigenvalue weighted by Crippen LogP contribution is -2.28. The van der Waals surface area contributed by atoms with Gasteiger partial charge in [0.25, 0.3) is 5.91 Å². The molecule has 3 nitrogen and oxygen atoms in total. The molecule has 3 aromatic carbocycles. The Bertz CT molecular complexity index is 843. The minimum atomic E-state index is -0.114. The van der Waals surface area contributed by atoms with E-state index < -0.39 is 0 Å². The Morgan fingerprint density at radius 3 is 2.04 bits per heavy atom. The molecule has 0 heterocycles. The summed E-state index contributed by atoms with van der Waals surface area (Å²) in [5.41, 5.74) is 2.51. The molecule has 3 aromatic rings. The van der Waals surface area contributed by atoms with Crippen molar-refractivity contribution < 1.29 is 9.53 Å². The highest BCUT2D eigenvalue weighted by Crippen LogP contribution is 2.18. The van der Waals surface area contributed by atoms with Gasteiger partial charge in [0.15, 0.2) is 0 Å². The van der Waals surface area contributed by atoms with Crippen LogP contribution in [-0.4, -0.2) is 19.1 Å². The number of nitrogens with one attached hydrogen (secondary N) is 1. The molecule has 0 saturated heterocycles. The van der Waals surface area contributed by atoms with E-state index in [1.54, 1.807) is 0 Å². The number of para-hydroxylation sites is 1. The minimum absolute atomic E-state index is 0.114. The summed E-state index contributed by atoms with van der Waals surface area (Å²) in [5.74, 6) is 0.682. The maximum absolute atomic E-state index is 12.7. The topological polar surface area (TPSA) is 38.3 Å². The lowest BCUT2D eigenvalue weighted by molar-refractivity contribution is -0.115. The molecule has 130 valence electrons. The Morgan fingerprint density at radius 1 is 0.808 bits per heavy atom. The van der Waals surface area contributed by atoms with E-state index in [1.807, 2.05) is 97.1 Å². The van der Waals surface area contributed by atoms with Gasteiger partial charge in [-0.15, -0.1) is 0 Å². The van der Waals surface area contributed by atoms with Crippen LogP contribution in [0.4, 0.5) is 0 Å². The first-order valence-corrected chi connectivity index (χ1v) is 8.61. The molecule has 0 aliphatic rings. The van der Waals surface area contributed by atoms with Gasteiger partial charge in [0.05, 0.1) is 6.54 Å². The smallest absolute Gasteiger partial charge is 0.252 e. The predicted octanol–water partition coefficient (Wildman–Crippen LogP) is 4.42. The summed E-state index contributed by atoms with van der Waals surface area (Å²) in [6, 6.07) is 29.1. The zero-order valence-electron chi connectivity index (χ0n) is 14.5. The highest BCUT2D eigenvalue weighted by atomic mass is 16.5. The number of rotatable bonds is 7. The zero-order chi connectivity index (χ0) is 18.0. The number of hydrogen-bond donors (Lipinski definition) is 1. The van der Waals surface area contributed by atoms with Crippen molar-refractivity contribution >= 4 is 17.6 Å². The van der Waals surface area contributed by atoms with E-state index in [-0.39, 0.29) is 5.91 Å². The van der Waals surface area contributed by atoms with Crippen LogP contribution in [0, 0.1) is 0 Å². The van der Waals surface area contributed by atoms with Crippen LogP contribution in [0.25, 0.3) is 11.6 Å². The van der Waals surface area contributed by atoms with Crippen LogP contribution in [-0.2, 0) is 4.79 Å². The van der Waals surface area contributed by atoms with Gasteiger partial charge in [0.1, 0.15) is 12.4 Å². The van der Waals surface area contributed by atoms with Gasteiger partial charge in [0.2, 0.25) is 0 Å². The van der Waals surface area contributed by atoms with Gasteiger partial charge in [0, 0.05) is 5.57 Å². The Morgan fingerprint density at radius 2 is 1.38 bits per heavy atom. The molecule has 0 bridgehead atoms. The quantitative estimate of drug-likeness (QED) is 0.392. The SMILES string of the molecule is O=C(NCCOc1ccccc1)/C(=C/c1ccccc1)c1ccccc1. The summed E-state index contributed by atoms with van der Waals surface area (Å²) >= 11 is 0. The third kappa shape index (κ3) is 5.08. The summed E-state index contributed by atoms with van der Waals surface area (Å²) in [6.45, 7) is 0.857. The summed E-state index contributed by atoms with van der Waals surface area (Å²) in [4.78, 5) is 12.7. The van der Waals surface area contributed by atoms with E-state index in [2.05, 4.69) is 5.32 Å². The molecular formula is C23H21NO2. The van der Waals surface area contributed by atoms with Gasteiger partial charge in [-0.1, -0.05) is 78.9 Å². The Balaban J connectivity index is 1.66. The summed E-state index contributed by atoms with van der Waals surface area (Å²) in [6.07, 6.45) is 1.91. The fourth-order valence-electron chi connectivity index (χ4n) is 2.56. The molecule has 3 heteroatoms. The van der Waals surface area contributed by atoms with Gasteiger partial charge in [-0.3, -0.25) is 4.79 Å². The molecule has 0 aliphatic heterocycles. The Labute approximate surface area is 154 Å². The van der Waals surface area contributed by atoms with Crippen LogP contribution in [0.2, 0.25) is 0 Å². The Kier molecular flexibility index (Phi) is 6.21. The van der Waals surface area contributed by atoms with E-state index in [0.717, 1.165) is 16.9 Å². The lowest BCUT2D eigenvalue weighted by atomic mass is 10.0. The molecule has 0 fully saturated rings. The van der Waals surface area contributed by atoms with Gasteiger partial charge in [-0.25, -0.2) is 0 Å². The molecule has 1 N–H and O–H groups in total. The first-order valence-electron chi connectivity index (χ1n) is 8.61. The molecule has 0 aromatic heterocycles. The van der Waals surface area contributed by atoms with Crippen LogP contribution in [0.5, 0.6) is 5.75 Å². The Hall–Kier alpha value is -3.33. The first-order chi connectivity index (χ1) is 12.8. The van der Waals surface area contributed by atoms with Gasteiger partial charge in [-0.05, 0) is 29.3 Å². The number of carbonyl (C=O) groups is 1. The van der Waals surface area contributed by atoms with Gasteiger partial charge >= 0.3 is 0 Å². The largest absolute Gasteiger partial charge is 0.492 e. The van der Waals surface area contributed by atoms with Crippen molar-refractivity contribution in [1.82, 2.24) is 5.32 Å². The van der Waals surface area contributed by atoms with Crippen LogP contribution >= 0.6 is 0 Å². The zero-order valence-corrected chi connectivity index (χ0v) is 14.5. The number of carbonyl (C=O) groups excluding carboxylic acids is 1. The molecule has 1 amide bonds. The second kappa shape index (κ2) is 9.23. The molecule has 0 atom stereocenters. The van der Waals surface area contributed by atoms with E-state index >= 15 is 0 Å². The second-order valence-electron chi connectivity index (χ2n) is 5.75. The number of hydrogen-bond acceptors (Lipinski definition) is 2. The van der Waals surface area contributed by atoms with Crippen molar-refractivity contribution in [2.24, 2.45) is 0 Å². The third-order valence-electron chi connectivity index (χ3n) is 3.84. The summed E-state index contributed by atoms with van der Waals surface area (Å²) < 4.78 is 5.63. The molecule has 0 aliphatic carbocycles. The highest BCUT2D eigenvalue weighted by molar-refractivity contribution is 6.24. The molecule has 3 rings (SSSR count). The molecule has 0 unspecified atom stereocenters. The lowest BCUT2D eigenvalue weighted by Gasteiger charge is -2.11. The average Bonchev–Trinajstić information content (AvgIpc) is 2.71. The predicted molar refractivity (Wildman–Crippen MR) is 106 cm³/mol. The molecule has 26 heavy (non-hydrogen) atoms. The van der Waals surface area contributed by atoms with Crippen molar-refractivity contribution in [2.45, 2.75) is 0 Å². The van der Waals surface area contributed by atoms with E-state index in [9.17, 15) is 4.79 Å². The second-order valence-corrected chi connectivity index (χ2v) is 5.75. The van der Waals surface area contributed by atoms with E-state index in [1.165, 1.54) is 0 Å². The normalized spacial score (nSPS) is 11.0. The number of amides is 1. The molecule has 0 saturated carbocycles. The maximum atomic E-state index is 12.7. The van der Waals surface area contributed by atoms with Crippen molar-refractivity contribution in [2.75, 3.05) is 13.2 Å². The van der Waals surface area contributed by atoms with Gasteiger partial charge in [-0.2, -0.15) is 0 Å². The molecular weight excluding hydrogens is 322 g/mol. The highest BCUT2D eigenvalue weighted by Gasteiger charge is 2.11. The summed E-state index contributed by atoms with van der Waals surface area (Å²) in [7, 11) is 0. The summed E-state index contributed by atoms with van der Waals surface area (Å²) in [5, 5.41) is 2.94. The van der Waals surface area contributed by atoms with Crippen LogP contribution in [0.15, 0.2) is 91.0 Å². The minimum Gasteiger partial charge on any atom is -0.492 e. The molecule has 0 spiro atoms. The average molecular weight is 343 g/mol.